The van der Waals surface area contributed by atoms with Gasteiger partial charge in [-0.05, 0) is 32.2 Å². The molecule has 0 aliphatic carbocycles. The summed E-state index contributed by atoms with van der Waals surface area (Å²) in [5, 5.41) is 0. The van der Waals surface area contributed by atoms with Crippen LogP contribution in [0, 0.1) is 12.3 Å². The summed E-state index contributed by atoms with van der Waals surface area (Å²) in [6, 6.07) is 0. The fourth-order valence-electron chi connectivity index (χ4n) is 1.29. The van der Waals surface area contributed by atoms with Crippen LogP contribution >= 0.6 is 0 Å². The fourth-order valence-corrected chi connectivity index (χ4v) is 1.29. The van der Waals surface area contributed by atoms with E-state index in [-0.39, 0.29) is 0 Å². The van der Waals surface area contributed by atoms with E-state index in [4.69, 9.17) is 6.42 Å². The zero-order valence-electron chi connectivity index (χ0n) is 9.21. The average molecular weight is 191 g/mol. The molecule has 78 valence electrons. The number of terminal acetylenes is 1. The summed E-state index contributed by atoms with van der Waals surface area (Å²) < 4.78 is 0. The third-order valence-electron chi connectivity index (χ3n) is 2.06. The van der Waals surface area contributed by atoms with Crippen molar-refractivity contribution in [3.8, 4) is 12.3 Å². The van der Waals surface area contributed by atoms with Crippen LogP contribution in [0.15, 0.2) is 25.1 Å². The molecule has 0 radical (unpaired) electrons. The first-order valence-corrected chi connectivity index (χ1v) is 5.29. The van der Waals surface area contributed by atoms with Gasteiger partial charge in [0.05, 0.1) is 0 Å². The zero-order valence-corrected chi connectivity index (χ0v) is 9.21. The monoisotopic (exact) mass is 191 g/mol. The Kier molecular flexibility index (Phi) is 9.10. The highest BCUT2D eigenvalue weighted by Crippen LogP contribution is 2.04. The molecule has 0 bridgehead atoms. The third-order valence-corrected chi connectivity index (χ3v) is 2.06. The number of rotatable bonds is 8. The van der Waals surface area contributed by atoms with Crippen molar-refractivity contribution in [2.75, 3.05) is 6.54 Å². The SMILES string of the molecule is C#CCCCCCCN(C=C)/C=C\C. The third kappa shape index (κ3) is 7.49. The predicted octanol–water partition coefficient (Wildman–Crippen LogP) is 3.55. The Balaban J connectivity index is 3.34. The van der Waals surface area contributed by atoms with E-state index >= 15 is 0 Å². The molecular weight excluding hydrogens is 170 g/mol. The lowest BCUT2D eigenvalue weighted by molar-refractivity contribution is 0.470. The van der Waals surface area contributed by atoms with Gasteiger partial charge in [0.1, 0.15) is 0 Å². The molecule has 14 heavy (non-hydrogen) atoms. The molecule has 0 aromatic rings. The van der Waals surface area contributed by atoms with Crippen molar-refractivity contribution in [1.82, 2.24) is 4.90 Å². The maximum atomic E-state index is 5.17. The van der Waals surface area contributed by atoms with Crippen LogP contribution in [0.2, 0.25) is 0 Å². The Morgan fingerprint density at radius 2 is 2.00 bits per heavy atom. The molecular formula is C13H21N. The Bertz CT molecular complexity index is 198. The molecule has 0 unspecified atom stereocenters. The minimum absolute atomic E-state index is 0.917. The smallest absolute Gasteiger partial charge is 0.0219 e. The molecule has 0 saturated carbocycles. The fraction of sp³-hybridized carbons (Fsp3) is 0.538. The highest BCUT2D eigenvalue weighted by atomic mass is 15.1. The Hall–Kier alpha value is -1.16. The zero-order chi connectivity index (χ0) is 10.6. The van der Waals surface area contributed by atoms with E-state index in [0.717, 1.165) is 19.4 Å². The summed E-state index contributed by atoms with van der Waals surface area (Å²) in [6.07, 6.45) is 16.9. The Morgan fingerprint density at radius 1 is 1.29 bits per heavy atom. The summed E-state index contributed by atoms with van der Waals surface area (Å²) >= 11 is 0. The lowest BCUT2D eigenvalue weighted by atomic mass is 10.1. The normalized spacial score (nSPS) is 10.0. The lowest BCUT2D eigenvalue weighted by Gasteiger charge is -2.13. The van der Waals surface area contributed by atoms with Crippen molar-refractivity contribution >= 4 is 0 Å². The number of allylic oxidation sites excluding steroid dienone is 1. The predicted molar refractivity (Wildman–Crippen MR) is 63.6 cm³/mol. The van der Waals surface area contributed by atoms with Crippen molar-refractivity contribution in [1.29, 1.82) is 0 Å². The van der Waals surface area contributed by atoms with Gasteiger partial charge in [-0.3, -0.25) is 0 Å². The van der Waals surface area contributed by atoms with Crippen molar-refractivity contribution in [2.24, 2.45) is 0 Å². The van der Waals surface area contributed by atoms with Crippen molar-refractivity contribution in [2.45, 2.75) is 39.0 Å². The van der Waals surface area contributed by atoms with E-state index in [1.165, 1.54) is 19.3 Å². The average Bonchev–Trinajstić information content (AvgIpc) is 2.21. The second-order valence-electron chi connectivity index (χ2n) is 3.27. The van der Waals surface area contributed by atoms with Gasteiger partial charge in [0.2, 0.25) is 0 Å². The van der Waals surface area contributed by atoms with Gasteiger partial charge in [-0.2, -0.15) is 0 Å². The van der Waals surface area contributed by atoms with Crippen molar-refractivity contribution in [3.05, 3.63) is 25.1 Å². The van der Waals surface area contributed by atoms with Gasteiger partial charge < -0.3 is 4.90 Å². The molecule has 0 heterocycles. The summed E-state index contributed by atoms with van der Waals surface area (Å²) in [4.78, 5) is 2.11. The first-order chi connectivity index (χ1) is 6.85. The van der Waals surface area contributed by atoms with E-state index in [0.29, 0.717) is 0 Å². The summed E-state index contributed by atoms with van der Waals surface area (Å²) in [5.74, 6) is 2.66. The molecule has 0 rings (SSSR count). The van der Waals surface area contributed by atoms with Crippen LogP contribution in [0.3, 0.4) is 0 Å². The van der Waals surface area contributed by atoms with Crippen LogP contribution in [0.1, 0.15) is 39.0 Å². The van der Waals surface area contributed by atoms with E-state index in [2.05, 4.69) is 23.6 Å². The maximum Gasteiger partial charge on any atom is 0.0219 e. The van der Waals surface area contributed by atoms with Crippen LogP contribution in [0.4, 0.5) is 0 Å². The number of hydrogen-bond acceptors (Lipinski definition) is 1. The molecule has 0 amide bonds. The van der Waals surface area contributed by atoms with Gasteiger partial charge in [0.15, 0.2) is 0 Å². The number of unbranched alkanes of at least 4 members (excludes halogenated alkanes) is 4. The molecule has 0 fully saturated rings. The molecule has 0 saturated heterocycles. The van der Waals surface area contributed by atoms with Crippen LogP contribution < -0.4 is 0 Å². The van der Waals surface area contributed by atoms with Crippen LogP contribution in [0.25, 0.3) is 0 Å². The Morgan fingerprint density at radius 3 is 2.57 bits per heavy atom. The van der Waals surface area contributed by atoms with Crippen LogP contribution in [0.5, 0.6) is 0 Å². The minimum atomic E-state index is 0.917. The van der Waals surface area contributed by atoms with Gasteiger partial charge in [0, 0.05) is 13.0 Å². The second-order valence-corrected chi connectivity index (χ2v) is 3.27. The summed E-state index contributed by atoms with van der Waals surface area (Å²) in [7, 11) is 0. The molecule has 0 aliphatic rings. The van der Waals surface area contributed by atoms with E-state index in [1.54, 1.807) is 0 Å². The van der Waals surface area contributed by atoms with Gasteiger partial charge >= 0.3 is 0 Å². The molecule has 1 heteroatoms. The summed E-state index contributed by atoms with van der Waals surface area (Å²) in [5.41, 5.74) is 0. The molecule has 0 aromatic carbocycles. The largest absolute Gasteiger partial charge is 0.355 e. The molecule has 0 aromatic heterocycles. The molecule has 0 spiro atoms. The van der Waals surface area contributed by atoms with Gasteiger partial charge in [-0.1, -0.05) is 25.5 Å². The molecule has 0 atom stereocenters. The highest BCUT2D eigenvalue weighted by molar-refractivity contribution is 4.85. The first kappa shape index (κ1) is 12.8. The van der Waals surface area contributed by atoms with E-state index < -0.39 is 0 Å². The second kappa shape index (κ2) is 9.92. The van der Waals surface area contributed by atoms with Crippen LogP contribution in [-0.2, 0) is 0 Å². The quantitative estimate of drug-likeness (QED) is 0.419. The van der Waals surface area contributed by atoms with Crippen molar-refractivity contribution < 1.29 is 0 Å². The van der Waals surface area contributed by atoms with Gasteiger partial charge in [-0.25, -0.2) is 0 Å². The minimum Gasteiger partial charge on any atom is -0.355 e. The molecule has 1 nitrogen and oxygen atoms in total. The Labute approximate surface area is 88.5 Å². The van der Waals surface area contributed by atoms with Gasteiger partial charge in [0.25, 0.3) is 0 Å². The first-order valence-electron chi connectivity index (χ1n) is 5.29. The van der Waals surface area contributed by atoms with E-state index in [1.807, 2.05) is 19.2 Å². The maximum absolute atomic E-state index is 5.17. The number of hydrogen-bond donors (Lipinski definition) is 0. The lowest BCUT2D eigenvalue weighted by Crippen LogP contribution is -2.10. The standard InChI is InChI=1S/C13H21N/c1-4-7-8-9-10-11-13-14(6-3)12-5-2/h1,5-6,12H,3,7-11,13H2,2H3/b12-5-. The van der Waals surface area contributed by atoms with Gasteiger partial charge in [-0.15, -0.1) is 12.3 Å². The topological polar surface area (TPSA) is 3.24 Å². The van der Waals surface area contributed by atoms with E-state index in [9.17, 15) is 0 Å². The number of nitrogens with zero attached hydrogens (tertiary/aromatic N) is 1. The highest BCUT2D eigenvalue weighted by Gasteiger charge is 1.93. The van der Waals surface area contributed by atoms with Crippen molar-refractivity contribution in [3.63, 3.8) is 0 Å². The summed E-state index contributed by atoms with van der Waals surface area (Å²) in [6.45, 7) is 6.83. The molecule has 0 aliphatic heterocycles. The molecule has 0 N–H and O–H groups in total. The van der Waals surface area contributed by atoms with Crippen LogP contribution in [-0.4, -0.2) is 11.4 Å².